The Balaban J connectivity index is 1.67. The van der Waals surface area contributed by atoms with Gasteiger partial charge in [0, 0.05) is 11.3 Å². The maximum absolute atomic E-state index is 12.1. The fraction of sp³-hybridized carbons (Fsp3) is 0.286. The molecule has 1 aliphatic rings. The molecule has 0 spiro atoms. The first-order chi connectivity index (χ1) is 9.33. The third-order valence-electron chi connectivity index (χ3n) is 3.15. The van der Waals surface area contributed by atoms with Gasteiger partial charge in [-0.25, -0.2) is 4.98 Å². The first kappa shape index (κ1) is 12.2. The molecule has 2 aromatic rings. The number of anilines is 1. The van der Waals surface area contributed by atoms with Crippen LogP contribution in [-0.4, -0.2) is 10.9 Å². The Bertz CT molecular complexity index is 586. The molecule has 1 atom stereocenters. The van der Waals surface area contributed by atoms with E-state index in [9.17, 15) is 4.79 Å². The zero-order chi connectivity index (χ0) is 13.1. The van der Waals surface area contributed by atoms with Crippen LogP contribution in [0.15, 0.2) is 40.3 Å². The van der Waals surface area contributed by atoms with E-state index in [2.05, 4.69) is 22.5 Å². The Morgan fingerprint density at radius 3 is 3.16 bits per heavy atom. The van der Waals surface area contributed by atoms with Gasteiger partial charge in [0.05, 0.1) is 6.26 Å². The highest BCUT2D eigenvalue weighted by Gasteiger charge is 2.19. The Morgan fingerprint density at radius 1 is 1.47 bits per heavy atom. The van der Waals surface area contributed by atoms with Crippen LogP contribution in [0.3, 0.4) is 0 Å². The molecule has 0 radical (unpaired) electrons. The van der Waals surface area contributed by atoms with Crippen molar-refractivity contribution in [1.29, 1.82) is 0 Å². The monoisotopic (exact) mass is 274 g/mol. The molecule has 1 aliphatic carbocycles. The molecule has 3 rings (SSSR count). The van der Waals surface area contributed by atoms with Crippen molar-refractivity contribution in [2.24, 2.45) is 5.92 Å². The number of furan rings is 1. The number of hydrogen-bond donors (Lipinski definition) is 1. The van der Waals surface area contributed by atoms with E-state index < -0.39 is 0 Å². The van der Waals surface area contributed by atoms with E-state index in [1.807, 2.05) is 17.5 Å². The maximum atomic E-state index is 12.1. The van der Waals surface area contributed by atoms with Crippen molar-refractivity contribution in [3.8, 4) is 11.5 Å². The topological polar surface area (TPSA) is 55.1 Å². The van der Waals surface area contributed by atoms with Crippen molar-refractivity contribution < 1.29 is 9.21 Å². The summed E-state index contributed by atoms with van der Waals surface area (Å²) in [6.07, 6.45) is 8.53. The average Bonchev–Trinajstić information content (AvgIpc) is 3.10. The van der Waals surface area contributed by atoms with E-state index in [1.165, 1.54) is 11.3 Å². The largest absolute Gasteiger partial charge is 0.463 e. The summed E-state index contributed by atoms with van der Waals surface area (Å²) in [7, 11) is 0. The van der Waals surface area contributed by atoms with Crippen molar-refractivity contribution in [1.82, 2.24) is 4.98 Å². The van der Waals surface area contributed by atoms with Gasteiger partial charge in [0.2, 0.25) is 5.91 Å². The number of nitrogens with zero attached hydrogens (tertiary/aromatic N) is 1. The van der Waals surface area contributed by atoms with E-state index in [-0.39, 0.29) is 11.8 Å². The van der Waals surface area contributed by atoms with Gasteiger partial charge in [0.1, 0.15) is 5.69 Å². The molecule has 0 saturated heterocycles. The molecule has 0 saturated carbocycles. The molecule has 0 bridgehead atoms. The van der Waals surface area contributed by atoms with Gasteiger partial charge in [-0.05, 0) is 31.4 Å². The lowest BCUT2D eigenvalue weighted by atomic mass is 9.94. The number of aromatic nitrogens is 1. The smallest absolute Gasteiger partial charge is 0.229 e. The minimum absolute atomic E-state index is 0.0599. The zero-order valence-corrected chi connectivity index (χ0v) is 11.2. The Kier molecular flexibility index (Phi) is 3.46. The van der Waals surface area contributed by atoms with Crippen LogP contribution in [0, 0.1) is 5.92 Å². The van der Waals surface area contributed by atoms with Gasteiger partial charge in [-0.1, -0.05) is 12.2 Å². The van der Waals surface area contributed by atoms with Gasteiger partial charge in [-0.2, -0.15) is 0 Å². The molecule has 1 amide bonds. The summed E-state index contributed by atoms with van der Waals surface area (Å²) >= 11 is 1.42. The van der Waals surface area contributed by atoms with Crippen LogP contribution in [0.25, 0.3) is 11.5 Å². The quantitative estimate of drug-likeness (QED) is 0.868. The second-order valence-corrected chi connectivity index (χ2v) is 5.34. The third-order valence-corrected chi connectivity index (χ3v) is 3.91. The molecule has 2 heterocycles. The minimum atomic E-state index is 0.0599. The lowest BCUT2D eigenvalue weighted by molar-refractivity contribution is -0.120. The van der Waals surface area contributed by atoms with Gasteiger partial charge in [-0.3, -0.25) is 4.79 Å². The summed E-state index contributed by atoms with van der Waals surface area (Å²) < 4.78 is 5.28. The SMILES string of the molecule is O=C(Nc1nc(-c2ccco2)cs1)[C@H]1CC=CCC1. The number of amides is 1. The third kappa shape index (κ3) is 2.76. The fourth-order valence-corrected chi connectivity index (χ4v) is 2.81. The van der Waals surface area contributed by atoms with Crippen LogP contribution in [0.2, 0.25) is 0 Å². The van der Waals surface area contributed by atoms with Crippen molar-refractivity contribution in [2.75, 3.05) is 5.32 Å². The number of rotatable bonds is 3. The molecule has 5 heteroatoms. The Morgan fingerprint density at radius 2 is 2.42 bits per heavy atom. The molecule has 0 fully saturated rings. The Hall–Kier alpha value is -1.88. The molecular formula is C14H14N2O2S. The molecule has 0 aromatic carbocycles. The number of hydrogen-bond acceptors (Lipinski definition) is 4. The van der Waals surface area contributed by atoms with Gasteiger partial charge in [0.25, 0.3) is 0 Å². The van der Waals surface area contributed by atoms with Gasteiger partial charge in [0.15, 0.2) is 10.9 Å². The molecule has 2 aromatic heterocycles. The van der Waals surface area contributed by atoms with E-state index in [0.29, 0.717) is 5.13 Å². The van der Waals surface area contributed by atoms with Crippen molar-refractivity contribution in [2.45, 2.75) is 19.3 Å². The molecule has 1 N–H and O–H groups in total. The molecule has 0 aliphatic heterocycles. The summed E-state index contributed by atoms with van der Waals surface area (Å²) in [5, 5.41) is 5.40. The lowest BCUT2D eigenvalue weighted by Gasteiger charge is -2.15. The lowest BCUT2D eigenvalue weighted by Crippen LogP contribution is -2.23. The molecular weight excluding hydrogens is 260 g/mol. The van der Waals surface area contributed by atoms with Crippen LogP contribution in [0.5, 0.6) is 0 Å². The predicted octanol–water partition coefficient (Wildman–Crippen LogP) is 3.70. The normalized spacial score (nSPS) is 18.4. The number of thiazole rings is 1. The molecule has 4 nitrogen and oxygen atoms in total. The van der Waals surface area contributed by atoms with Crippen molar-refractivity contribution >= 4 is 22.4 Å². The number of allylic oxidation sites excluding steroid dienone is 2. The number of carbonyl (C=O) groups is 1. The molecule has 98 valence electrons. The molecule has 19 heavy (non-hydrogen) atoms. The van der Waals surface area contributed by atoms with Crippen LogP contribution in [0.1, 0.15) is 19.3 Å². The number of nitrogens with one attached hydrogen (secondary N) is 1. The summed E-state index contributed by atoms with van der Waals surface area (Å²) in [4.78, 5) is 16.4. The highest BCUT2D eigenvalue weighted by molar-refractivity contribution is 7.14. The zero-order valence-electron chi connectivity index (χ0n) is 10.3. The highest BCUT2D eigenvalue weighted by atomic mass is 32.1. The first-order valence-electron chi connectivity index (χ1n) is 6.28. The van der Waals surface area contributed by atoms with Crippen LogP contribution in [-0.2, 0) is 4.79 Å². The van der Waals surface area contributed by atoms with Crippen molar-refractivity contribution in [3.05, 3.63) is 35.9 Å². The van der Waals surface area contributed by atoms with E-state index in [0.717, 1.165) is 30.7 Å². The summed E-state index contributed by atoms with van der Waals surface area (Å²) in [6, 6.07) is 3.67. The first-order valence-corrected chi connectivity index (χ1v) is 7.16. The molecule has 0 unspecified atom stereocenters. The van der Waals surface area contributed by atoms with Crippen molar-refractivity contribution in [3.63, 3.8) is 0 Å². The fourth-order valence-electron chi connectivity index (χ4n) is 2.11. The highest BCUT2D eigenvalue weighted by Crippen LogP contribution is 2.26. The van der Waals surface area contributed by atoms with Gasteiger partial charge >= 0.3 is 0 Å². The van der Waals surface area contributed by atoms with Gasteiger partial charge < -0.3 is 9.73 Å². The number of carbonyl (C=O) groups excluding carboxylic acids is 1. The van der Waals surface area contributed by atoms with Crippen LogP contribution < -0.4 is 5.32 Å². The van der Waals surface area contributed by atoms with E-state index in [4.69, 9.17) is 4.42 Å². The predicted molar refractivity (Wildman–Crippen MR) is 74.9 cm³/mol. The summed E-state index contributed by atoms with van der Waals surface area (Å²) in [5.41, 5.74) is 0.758. The second-order valence-electron chi connectivity index (χ2n) is 4.49. The second kappa shape index (κ2) is 5.40. The van der Waals surface area contributed by atoms with Gasteiger partial charge in [-0.15, -0.1) is 11.3 Å². The van der Waals surface area contributed by atoms with Crippen LogP contribution >= 0.6 is 11.3 Å². The minimum Gasteiger partial charge on any atom is -0.463 e. The maximum Gasteiger partial charge on any atom is 0.229 e. The van der Waals surface area contributed by atoms with E-state index >= 15 is 0 Å². The van der Waals surface area contributed by atoms with E-state index in [1.54, 1.807) is 6.26 Å². The summed E-state index contributed by atoms with van der Waals surface area (Å²) in [6.45, 7) is 0. The summed E-state index contributed by atoms with van der Waals surface area (Å²) in [5.74, 6) is 0.850. The Labute approximate surface area is 115 Å². The standard InChI is InChI=1S/C14H14N2O2S/c17-13(10-5-2-1-3-6-10)16-14-15-11(9-19-14)12-7-4-8-18-12/h1-2,4,7-10H,3,5-6H2,(H,15,16,17)/t10-/m0/s1. The average molecular weight is 274 g/mol. The van der Waals surface area contributed by atoms with Crippen LogP contribution in [0.4, 0.5) is 5.13 Å².